The maximum atomic E-state index is 16.6. The first-order valence-corrected chi connectivity index (χ1v) is 18.4. The van der Waals surface area contributed by atoms with Crippen molar-refractivity contribution >= 4 is 46.2 Å². The standard InChI is InChI=1S/C41H38F3N9O5/c42-27-18-22(6-11-28(27)53-38-33(37(45)46-21-47-38)36(49-53)23-7-9-25(10-8-23)58-24-4-2-1-3-5-24)20-50-14-16-51(17-15-50)30-19-26-32(35(44)34(30)43)41(57)52(40(26)56)29-12-13-31(54)48-39(29)55/h1-5,7-10,19,21-22,27-29H,6,11-18,20H2,(H2,45,46,47)(H,48,54,55)/i14D2,15D2,16D2,17D2. The maximum absolute atomic E-state index is 16.6. The number of rotatable bonds is 8. The fourth-order valence-electron chi connectivity index (χ4n) is 7.81. The summed E-state index contributed by atoms with van der Waals surface area (Å²) in [6.07, 6.45) is -1.41. The van der Waals surface area contributed by atoms with Gasteiger partial charge in [-0.25, -0.2) is 27.8 Å². The molecule has 58 heavy (non-hydrogen) atoms. The van der Waals surface area contributed by atoms with Crippen LogP contribution in [-0.4, -0.2) is 97.9 Å². The number of nitrogens with one attached hydrogen (secondary N) is 1. The van der Waals surface area contributed by atoms with Gasteiger partial charge < -0.3 is 15.4 Å². The lowest BCUT2D eigenvalue weighted by Gasteiger charge is -2.39. The third kappa shape index (κ3) is 6.58. The predicted octanol–water partition coefficient (Wildman–Crippen LogP) is 5.05. The van der Waals surface area contributed by atoms with Crippen LogP contribution in [0.15, 0.2) is 67.0 Å². The predicted molar refractivity (Wildman–Crippen MR) is 205 cm³/mol. The van der Waals surface area contributed by atoms with E-state index in [-0.39, 0.29) is 53.4 Å². The molecule has 4 atom stereocenters. The van der Waals surface area contributed by atoms with E-state index in [4.69, 9.17) is 26.5 Å². The first kappa shape index (κ1) is 28.9. The molecule has 1 saturated carbocycles. The molecule has 5 aromatic rings. The van der Waals surface area contributed by atoms with Crippen molar-refractivity contribution in [1.29, 1.82) is 0 Å². The van der Waals surface area contributed by atoms with E-state index in [1.165, 1.54) is 11.0 Å². The Labute approximate surface area is 341 Å². The molecule has 3 N–H and O–H groups in total. The summed E-state index contributed by atoms with van der Waals surface area (Å²) in [7, 11) is 0. The minimum atomic E-state index is -3.76. The number of benzene rings is 3. The first-order valence-electron chi connectivity index (χ1n) is 22.4. The van der Waals surface area contributed by atoms with Crippen molar-refractivity contribution in [3.8, 4) is 22.8 Å². The van der Waals surface area contributed by atoms with Gasteiger partial charge in [0.15, 0.2) is 17.3 Å². The zero-order valence-electron chi connectivity index (χ0n) is 38.3. The molecule has 0 radical (unpaired) electrons. The SMILES string of the molecule is [2H]C1([2H])N(CC2CCC(n3nc(-c4ccc(Oc5ccccc5)cc4)c4c(N)ncnc43)C(F)C2)C([2H])([2H])C([2H])([2H])N(c2cc3c(c(F)c2F)C(=O)N(C2CCC(=O)NC2=O)C3=O)C1([2H])[2H]. The fourth-order valence-corrected chi connectivity index (χ4v) is 7.81. The van der Waals surface area contributed by atoms with E-state index in [1.807, 2.05) is 23.5 Å². The zero-order valence-corrected chi connectivity index (χ0v) is 30.3. The van der Waals surface area contributed by atoms with Crippen LogP contribution in [0.3, 0.4) is 0 Å². The number of aromatic nitrogens is 4. The van der Waals surface area contributed by atoms with Gasteiger partial charge in [0.25, 0.3) is 11.8 Å². The van der Waals surface area contributed by atoms with E-state index in [9.17, 15) is 19.2 Å². The highest BCUT2D eigenvalue weighted by atomic mass is 19.2. The van der Waals surface area contributed by atoms with Gasteiger partial charge in [-0.2, -0.15) is 5.10 Å². The number of nitrogens with two attached hydrogens (primary N) is 1. The number of piperidine rings is 1. The van der Waals surface area contributed by atoms with Crippen LogP contribution in [0.1, 0.15) is 69.8 Å². The van der Waals surface area contributed by atoms with E-state index >= 15 is 13.2 Å². The number of halogens is 3. The summed E-state index contributed by atoms with van der Waals surface area (Å²) in [5.74, 6) is -8.45. The second kappa shape index (κ2) is 14.9. The van der Waals surface area contributed by atoms with Crippen LogP contribution < -0.4 is 20.7 Å². The number of anilines is 2. The molecule has 3 aromatic carbocycles. The van der Waals surface area contributed by atoms with Crippen molar-refractivity contribution in [1.82, 2.24) is 34.9 Å². The number of hydrogen-bond acceptors (Lipinski definition) is 11. The summed E-state index contributed by atoms with van der Waals surface area (Å²) in [5.41, 5.74) is 3.94. The molecule has 0 spiro atoms. The number of alkyl halides is 1. The molecule has 0 bridgehead atoms. The Morgan fingerprint density at radius 2 is 1.64 bits per heavy atom. The maximum Gasteiger partial charge on any atom is 0.265 e. The van der Waals surface area contributed by atoms with E-state index in [1.54, 1.807) is 36.4 Å². The Morgan fingerprint density at radius 1 is 0.897 bits per heavy atom. The Hall–Kier alpha value is -6.36. The lowest BCUT2D eigenvalue weighted by molar-refractivity contribution is -0.136. The Balaban J connectivity index is 0.973. The number of ether oxygens (including phenoxy) is 1. The molecule has 3 aliphatic heterocycles. The van der Waals surface area contributed by atoms with Crippen LogP contribution in [0.25, 0.3) is 22.3 Å². The molecular weight excluding hydrogens is 756 g/mol. The summed E-state index contributed by atoms with van der Waals surface area (Å²) < 4.78 is 128. The largest absolute Gasteiger partial charge is 0.457 e. The number of para-hydroxylation sites is 1. The van der Waals surface area contributed by atoms with Gasteiger partial charge in [-0.1, -0.05) is 18.2 Å². The van der Waals surface area contributed by atoms with Crippen LogP contribution in [-0.2, 0) is 9.59 Å². The second-order valence-corrected chi connectivity index (χ2v) is 14.2. The summed E-state index contributed by atoms with van der Waals surface area (Å²) in [6, 6.07) is 13.9. The molecule has 298 valence electrons. The number of carbonyl (C=O) groups is 4. The van der Waals surface area contributed by atoms with E-state index < -0.39 is 109 Å². The highest BCUT2D eigenvalue weighted by Crippen LogP contribution is 2.40. The number of amides is 4. The molecule has 17 heteroatoms. The first-order chi connectivity index (χ1) is 31.1. The number of carbonyl (C=O) groups excluding carboxylic acids is 4. The number of nitrogens with zero attached hydrogens (tertiary/aromatic N) is 7. The van der Waals surface area contributed by atoms with Crippen LogP contribution in [0.4, 0.5) is 24.7 Å². The van der Waals surface area contributed by atoms with Gasteiger partial charge in [0.2, 0.25) is 11.8 Å². The summed E-state index contributed by atoms with van der Waals surface area (Å²) in [6.45, 7) is -15.4. The number of nitrogen functional groups attached to an aromatic ring is 1. The molecular formula is C41H38F3N9O5. The molecule has 1 aliphatic carbocycles. The summed E-state index contributed by atoms with van der Waals surface area (Å²) in [4.78, 5) is 59.9. The molecule has 2 saturated heterocycles. The van der Waals surface area contributed by atoms with Crippen LogP contribution in [0.5, 0.6) is 11.5 Å². The smallest absolute Gasteiger partial charge is 0.265 e. The molecule has 4 unspecified atom stereocenters. The Kier molecular flexibility index (Phi) is 7.42. The topological polar surface area (TPSA) is 169 Å². The fraction of sp³-hybridized carbons (Fsp3) is 0.341. The normalized spacial score (nSPS) is 28.3. The van der Waals surface area contributed by atoms with Crippen LogP contribution >= 0.6 is 0 Å². The van der Waals surface area contributed by atoms with Gasteiger partial charge in [-0.05, 0) is 74.1 Å². The molecule has 4 aliphatic rings. The van der Waals surface area contributed by atoms with Crippen LogP contribution in [0, 0.1) is 17.6 Å². The number of imide groups is 2. The molecule has 4 amide bonds. The van der Waals surface area contributed by atoms with Crippen molar-refractivity contribution < 1.29 is 48.1 Å². The van der Waals surface area contributed by atoms with Crippen molar-refractivity contribution in [2.45, 2.75) is 50.4 Å². The average molecular weight is 802 g/mol. The summed E-state index contributed by atoms with van der Waals surface area (Å²) >= 11 is 0. The van der Waals surface area contributed by atoms with E-state index in [0.29, 0.717) is 39.1 Å². The van der Waals surface area contributed by atoms with Gasteiger partial charge in [0.1, 0.15) is 41.6 Å². The lowest BCUT2D eigenvalue weighted by Crippen LogP contribution is -2.54. The molecule has 14 nitrogen and oxygen atoms in total. The van der Waals surface area contributed by atoms with E-state index in [0.717, 1.165) is 0 Å². The lowest BCUT2D eigenvalue weighted by atomic mass is 9.84. The monoisotopic (exact) mass is 801 g/mol. The zero-order chi connectivity index (χ0) is 47.4. The Morgan fingerprint density at radius 3 is 2.36 bits per heavy atom. The number of hydrogen-bond donors (Lipinski definition) is 2. The average Bonchev–Trinajstić information content (AvgIpc) is 3.76. The molecule has 2 aromatic heterocycles. The van der Waals surface area contributed by atoms with Crippen molar-refractivity contribution in [3.05, 3.63) is 89.8 Å². The van der Waals surface area contributed by atoms with Crippen molar-refractivity contribution in [2.24, 2.45) is 5.92 Å². The molecule has 3 fully saturated rings. The second-order valence-electron chi connectivity index (χ2n) is 14.2. The molecule has 5 heterocycles. The minimum absolute atomic E-state index is 0.0315. The number of piperazine rings is 1. The van der Waals surface area contributed by atoms with Gasteiger partial charge in [0.05, 0.1) is 33.7 Å². The van der Waals surface area contributed by atoms with Gasteiger partial charge >= 0.3 is 0 Å². The highest BCUT2D eigenvalue weighted by Gasteiger charge is 2.47. The van der Waals surface area contributed by atoms with E-state index in [2.05, 4.69) is 9.97 Å². The van der Waals surface area contributed by atoms with Gasteiger partial charge in [-0.3, -0.25) is 34.3 Å². The van der Waals surface area contributed by atoms with Crippen molar-refractivity contribution in [2.75, 3.05) is 43.2 Å². The minimum Gasteiger partial charge on any atom is -0.457 e. The van der Waals surface area contributed by atoms with Crippen molar-refractivity contribution in [3.63, 3.8) is 0 Å². The third-order valence-electron chi connectivity index (χ3n) is 10.7. The number of fused-ring (bicyclic) bond motifs is 2. The molecule has 9 rings (SSSR count). The highest BCUT2D eigenvalue weighted by molar-refractivity contribution is 6.24. The third-order valence-corrected chi connectivity index (χ3v) is 10.7. The quantitative estimate of drug-likeness (QED) is 0.202. The van der Waals surface area contributed by atoms with Gasteiger partial charge in [-0.15, -0.1) is 0 Å². The Bertz CT molecular complexity index is 2810. The van der Waals surface area contributed by atoms with Gasteiger partial charge in [0, 0.05) is 50.0 Å². The summed E-state index contributed by atoms with van der Waals surface area (Å²) in [5, 5.41) is 7.04. The van der Waals surface area contributed by atoms with Crippen LogP contribution in [0.2, 0.25) is 0 Å².